The smallest absolute Gasteiger partial charge is 0.379 e. The molecule has 0 aromatic rings. The highest BCUT2D eigenvalue weighted by atomic mass is 16.8. The molecule has 22 heavy (non-hydrogen) atoms. The molecule has 1 aliphatic heterocycles. The van der Waals surface area contributed by atoms with Crippen LogP contribution in [0.25, 0.3) is 0 Å². The topological polar surface area (TPSA) is 169 Å². The van der Waals surface area contributed by atoms with Crippen molar-refractivity contribution in [1.29, 1.82) is 0 Å². The van der Waals surface area contributed by atoms with E-state index in [0.29, 0.717) is 0 Å². The van der Waals surface area contributed by atoms with Crippen molar-refractivity contribution >= 4 is 11.9 Å². The summed E-state index contributed by atoms with van der Waals surface area (Å²) in [5, 5.41) is 38.3. The third-order valence-corrected chi connectivity index (χ3v) is 3.35. The molecule has 0 aromatic carbocycles. The molecular weight excluding hydrogens is 302 g/mol. The standard InChI is InChI=1S/C12H21NO9/c1-5(15)21-12(11(19)20-2)3-6(16)8(13)10(22-12)9(18)7(17)4-14/h6-10,14,16-18H,3-4,13H2,1-2H3/t6-,7+,8+,9+,10+,12-/m0/s1. The van der Waals surface area contributed by atoms with Crippen molar-refractivity contribution in [3.63, 3.8) is 0 Å². The Hall–Kier alpha value is -1.30. The largest absolute Gasteiger partial charge is 0.464 e. The molecule has 10 nitrogen and oxygen atoms in total. The van der Waals surface area contributed by atoms with Crippen molar-refractivity contribution < 1.29 is 44.2 Å². The molecule has 128 valence electrons. The Balaban J connectivity index is 3.14. The predicted molar refractivity (Wildman–Crippen MR) is 69.1 cm³/mol. The second-order valence-corrected chi connectivity index (χ2v) is 5.01. The first-order chi connectivity index (χ1) is 10.2. The summed E-state index contributed by atoms with van der Waals surface area (Å²) in [6.07, 6.45) is -6.73. The fourth-order valence-corrected chi connectivity index (χ4v) is 2.23. The second-order valence-electron chi connectivity index (χ2n) is 5.01. The summed E-state index contributed by atoms with van der Waals surface area (Å²) in [4.78, 5) is 23.1. The zero-order valence-corrected chi connectivity index (χ0v) is 12.2. The molecule has 0 spiro atoms. The SMILES string of the molecule is COC(=O)[C@]1(OC(C)=O)C[C@H](O)[C@@H](N)[C@H]([C@H](O)[C@H](O)CO)O1. The molecule has 0 aromatic heterocycles. The van der Waals surface area contributed by atoms with Gasteiger partial charge < -0.3 is 40.4 Å². The van der Waals surface area contributed by atoms with Crippen molar-refractivity contribution in [2.24, 2.45) is 5.73 Å². The molecule has 1 saturated heterocycles. The minimum Gasteiger partial charge on any atom is -0.464 e. The summed E-state index contributed by atoms with van der Waals surface area (Å²) in [6.45, 7) is 0.214. The van der Waals surface area contributed by atoms with E-state index in [-0.39, 0.29) is 0 Å². The first kappa shape index (κ1) is 18.7. The predicted octanol–water partition coefficient (Wildman–Crippen LogP) is -3.39. The Morgan fingerprint density at radius 1 is 1.45 bits per heavy atom. The second kappa shape index (κ2) is 7.31. The Labute approximate surface area is 126 Å². The van der Waals surface area contributed by atoms with Crippen LogP contribution in [-0.4, -0.2) is 82.3 Å². The van der Waals surface area contributed by atoms with Gasteiger partial charge in [0, 0.05) is 6.92 Å². The lowest BCUT2D eigenvalue weighted by atomic mass is 9.89. The Morgan fingerprint density at radius 3 is 2.50 bits per heavy atom. The van der Waals surface area contributed by atoms with Gasteiger partial charge in [-0.15, -0.1) is 0 Å². The number of esters is 2. The quantitative estimate of drug-likeness (QED) is 0.322. The summed E-state index contributed by atoms with van der Waals surface area (Å²) in [6, 6.07) is -1.19. The van der Waals surface area contributed by atoms with Crippen LogP contribution in [0.2, 0.25) is 0 Å². The van der Waals surface area contributed by atoms with Crippen LogP contribution in [0.1, 0.15) is 13.3 Å². The molecular formula is C12H21NO9. The highest BCUT2D eigenvalue weighted by Gasteiger charge is 2.56. The lowest BCUT2D eigenvalue weighted by Gasteiger charge is -2.45. The van der Waals surface area contributed by atoms with Gasteiger partial charge in [0.05, 0.1) is 32.3 Å². The molecule has 1 heterocycles. The number of rotatable bonds is 5. The highest BCUT2D eigenvalue weighted by Crippen LogP contribution is 2.33. The monoisotopic (exact) mass is 323 g/mol. The average molecular weight is 323 g/mol. The number of hydrogen-bond acceptors (Lipinski definition) is 10. The molecule has 10 heteroatoms. The molecule has 0 radical (unpaired) electrons. The van der Waals surface area contributed by atoms with Crippen molar-refractivity contribution in [2.75, 3.05) is 13.7 Å². The van der Waals surface area contributed by atoms with Gasteiger partial charge >= 0.3 is 17.7 Å². The molecule has 0 saturated carbocycles. The summed E-state index contributed by atoms with van der Waals surface area (Å²) >= 11 is 0. The lowest BCUT2D eigenvalue weighted by molar-refractivity contribution is -0.299. The molecule has 6 atom stereocenters. The minimum absolute atomic E-state index is 0.501. The van der Waals surface area contributed by atoms with Gasteiger partial charge in [0.25, 0.3) is 0 Å². The number of carbonyl (C=O) groups excluding carboxylic acids is 2. The Morgan fingerprint density at radius 2 is 2.05 bits per heavy atom. The van der Waals surface area contributed by atoms with Crippen LogP contribution in [-0.2, 0) is 23.8 Å². The van der Waals surface area contributed by atoms with E-state index in [1.54, 1.807) is 0 Å². The molecule has 0 bridgehead atoms. The average Bonchev–Trinajstić information content (AvgIpc) is 2.47. The first-order valence-electron chi connectivity index (χ1n) is 6.55. The highest BCUT2D eigenvalue weighted by molar-refractivity contribution is 5.81. The van der Waals surface area contributed by atoms with E-state index >= 15 is 0 Å². The number of methoxy groups -OCH3 is 1. The van der Waals surface area contributed by atoms with Gasteiger partial charge in [-0.05, 0) is 0 Å². The van der Waals surface area contributed by atoms with E-state index in [0.717, 1.165) is 14.0 Å². The number of aliphatic hydroxyl groups is 4. The summed E-state index contributed by atoms with van der Waals surface area (Å²) < 4.78 is 14.6. The van der Waals surface area contributed by atoms with Gasteiger partial charge in [0.1, 0.15) is 18.3 Å². The van der Waals surface area contributed by atoms with Crippen molar-refractivity contribution in [1.82, 2.24) is 0 Å². The fourth-order valence-electron chi connectivity index (χ4n) is 2.23. The zero-order chi connectivity index (χ0) is 17.1. The van der Waals surface area contributed by atoms with Crippen LogP contribution in [0.3, 0.4) is 0 Å². The van der Waals surface area contributed by atoms with Crippen molar-refractivity contribution in [2.45, 2.75) is 49.6 Å². The molecule has 6 N–H and O–H groups in total. The van der Waals surface area contributed by atoms with Gasteiger partial charge in [-0.25, -0.2) is 4.79 Å². The number of nitrogens with two attached hydrogens (primary N) is 1. The van der Waals surface area contributed by atoms with Crippen LogP contribution in [0.5, 0.6) is 0 Å². The van der Waals surface area contributed by atoms with E-state index in [4.69, 9.17) is 20.3 Å². The van der Waals surface area contributed by atoms with E-state index in [2.05, 4.69) is 4.74 Å². The fraction of sp³-hybridized carbons (Fsp3) is 0.833. The number of carbonyl (C=O) groups is 2. The van der Waals surface area contributed by atoms with Crippen LogP contribution < -0.4 is 5.73 Å². The normalized spacial score (nSPS) is 34.6. The summed E-state index contributed by atoms with van der Waals surface area (Å²) in [7, 11) is 1.02. The minimum atomic E-state index is -2.29. The van der Waals surface area contributed by atoms with E-state index in [1.807, 2.05) is 0 Å². The van der Waals surface area contributed by atoms with E-state index in [9.17, 15) is 24.9 Å². The summed E-state index contributed by atoms with van der Waals surface area (Å²) in [5.74, 6) is -4.29. The van der Waals surface area contributed by atoms with Gasteiger partial charge in [-0.3, -0.25) is 4.79 Å². The van der Waals surface area contributed by atoms with Gasteiger partial charge in [-0.1, -0.05) is 0 Å². The maximum atomic E-state index is 11.9. The van der Waals surface area contributed by atoms with E-state index < -0.39 is 61.2 Å². The molecule has 0 amide bonds. The Bertz CT molecular complexity index is 417. The van der Waals surface area contributed by atoms with Crippen molar-refractivity contribution in [3.8, 4) is 0 Å². The first-order valence-corrected chi connectivity index (χ1v) is 6.55. The van der Waals surface area contributed by atoms with Crippen LogP contribution >= 0.6 is 0 Å². The Kier molecular flexibility index (Phi) is 6.23. The van der Waals surface area contributed by atoms with E-state index in [1.165, 1.54) is 0 Å². The maximum Gasteiger partial charge on any atom is 0.379 e. The molecule has 1 rings (SSSR count). The summed E-state index contributed by atoms with van der Waals surface area (Å²) in [5.41, 5.74) is 5.69. The van der Waals surface area contributed by atoms with Crippen LogP contribution in [0.4, 0.5) is 0 Å². The van der Waals surface area contributed by atoms with Gasteiger partial charge in [0.15, 0.2) is 0 Å². The third kappa shape index (κ3) is 3.72. The van der Waals surface area contributed by atoms with Gasteiger partial charge in [-0.2, -0.15) is 0 Å². The molecule has 0 unspecified atom stereocenters. The van der Waals surface area contributed by atoms with Crippen LogP contribution in [0.15, 0.2) is 0 Å². The number of ether oxygens (including phenoxy) is 3. The number of hydrogen-bond donors (Lipinski definition) is 5. The van der Waals surface area contributed by atoms with Gasteiger partial charge in [0.2, 0.25) is 0 Å². The zero-order valence-electron chi connectivity index (χ0n) is 12.2. The van der Waals surface area contributed by atoms with Crippen molar-refractivity contribution in [3.05, 3.63) is 0 Å². The molecule has 1 fully saturated rings. The molecule has 0 aliphatic carbocycles. The maximum absolute atomic E-state index is 11.9. The molecule has 1 aliphatic rings. The third-order valence-electron chi connectivity index (χ3n) is 3.35. The lowest BCUT2D eigenvalue weighted by Crippen LogP contribution is -2.66. The number of aliphatic hydroxyl groups excluding tert-OH is 4. The van der Waals surface area contributed by atoms with Crippen LogP contribution in [0, 0.1) is 0 Å².